The lowest BCUT2D eigenvalue weighted by Crippen LogP contribution is -2.21. The Balaban J connectivity index is 1.72. The second-order valence-corrected chi connectivity index (χ2v) is 7.05. The van der Waals surface area contributed by atoms with Crippen molar-refractivity contribution in [3.8, 4) is 11.4 Å². The highest BCUT2D eigenvalue weighted by Crippen LogP contribution is 2.33. The van der Waals surface area contributed by atoms with Crippen LogP contribution in [0.3, 0.4) is 0 Å². The Bertz CT molecular complexity index is 988. The smallest absolute Gasteiger partial charge is 0.262 e. The molecule has 1 amide bonds. The van der Waals surface area contributed by atoms with E-state index in [1.807, 2.05) is 44.2 Å². The highest BCUT2D eigenvalue weighted by Gasteiger charge is 2.16. The van der Waals surface area contributed by atoms with Gasteiger partial charge in [0.25, 0.3) is 5.91 Å². The van der Waals surface area contributed by atoms with E-state index in [1.165, 1.54) is 12.1 Å². The largest absolute Gasteiger partial charge is 0.482 e. The van der Waals surface area contributed by atoms with Crippen LogP contribution >= 0.6 is 34.8 Å². The van der Waals surface area contributed by atoms with Crippen molar-refractivity contribution >= 4 is 46.4 Å². The number of aromatic nitrogens is 2. The van der Waals surface area contributed by atoms with Crippen LogP contribution in [0.15, 0.2) is 42.5 Å². The molecule has 1 aromatic heterocycles. The average molecular weight is 425 g/mol. The number of anilines is 1. The van der Waals surface area contributed by atoms with Gasteiger partial charge in [-0.3, -0.25) is 4.79 Å². The van der Waals surface area contributed by atoms with Crippen molar-refractivity contribution in [3.63, 3.8) is 0 Å². The molecule has 1 N–H and O–H groups in total. The van der Waals surface area contributed by atoms with E-state index in [9.17, 15) is 4.79 Å². The van der Waals surface area contributed by atoms with Crippen LogP contribution in [0.5, 0.6) is 5.75 Å². The highest BCUT2D eigenvalue weighted by atomic mass is 35.5. The molecular weight excluding hydrogens is 409 g/mol. The number of ether oxygens (including phenoxy) is 1. The van der Waals surface area contributed by atoms with E-state index < -0.39 is 0 Å². The summed E-state index contributed by atoms with van der Waals surface area (Å²) in [6.45, 7) is 3.49. The maximum Gasteiger partial charge on any atom is 0.262 e. The van der Waals surface area contributed by atoms with Gasteiger partial charge in [0, 0.05) is 6.07 Å². The Hall–Kier alpha value is -2.21. The maximum absolute atomic E-state index is 12.3. The minimum absolute atomic E-state index is 0.229. The van der Waals surface area contributed by atoms with Crippen molar-refractivity contribution < 1.29 is 9.53 Å². The van der Waals surface area contributed by atoms with E-state index in [4.69, 9.17) is 39.5 Å². The van der Waals surface area contributed by atoms with Gasteiger partial charge >= 0.3 is 0 Å². The first-order chi connectivity index (χ1) is 12.9. The molecule has 0 aliphatic heterocycles. The van der Waals surface area contributed by atoms with Crippen molar-refractivity contribution in [2.75, 3.05) is 11.9 Å². The van der Waals surface area contributed by atoms with E-state index in [2.05, 4.69) is 10.4 Å². The number of carbonyl (C=O) groups is 1. The van der Waals surface area contributed by atoms with Gasteiger partial charge in [0.1, 0.15) is 5.75 Å². The Morgan fingerprint density at radius 2 is 1.74 bits per heavy atom. The summed E-state index contributed by atoms with van der Waals surface area (Å²) in [6, 6.07) is 12.6. The Morgan fingerprint density at radius 3 is 2.44 bits per heavy atom. The molecule has 0 aliphatic rings. The van der Waals surface area contributed by atoms with E-state index in [0.29, 0.717) is 21.4 Å². The maximum atomic E-state index is 12.3. The van der Waals surface area contributed by atoms with Crippen molar-refractivity contribution in [1.82, 2.24) is 9.78 Å². The van der Waals surface area contributed by atoms with Crippen LogP contribution in [0.1, 0.15) is 11.4 Å². The third-order valence-electron chi connectivity index (χ3n) is 3.89. The molecule has 0 saturated carbocycles. The minimum Gasteiger partial charge on any atom is -0.482 e. The molecule has 5 nitrogen and oxygen atoms in total. The molecule has 3 rings (SSSR count). The summed E-state index contributed by atoms with van der Waals surface area (Å²) in [5, 5.41) is 8.23. The molecule has 0 bridgehead atoms. The van der Waals surface area contributed by atoms with Gasteiger partial charge in [0.2, 0.25) is 0 Å². The summed E-state index contributed by atoms with van der Waals surface area (Å²) >= 11 is 17.9. The summed E-state index contributed by atoms with van der Waals surface area (Å²) < 4.78 is 7.24. The van der Waals surface area contributed by atoms with Gasteiger partial charge in [-0.2, -0.15) is 5.10 Å². The number of benzene rings is 2. The molecule has 0 radical (unpaired) electrons. The van der Waals surface area contributed by atoms with Gasteiger partial charge in [0.05, 0.1) is 37.8 Å². The quantitative estimate of drug-likeness (QED) is 0.553. The predicted octanol–water partition coefficient (Wildman–Crippen LogP) is 5.47. The van der Waals surface area contributed by atoms with Crippen molar-refractivity contribution in [3.05, 3.63) is 68.9 Å². The summed E-state index contributed by atoms with van der Waals surface area (Å²) in [5.41, 5.74) is 3.09. The number of nitrogens with one attached hydrogen (secondary N) is 1. The van der Waals surface area contributed by atoms with Gasteiger partial charge in [-0.15, -0.1) is 0 Å². The van der Waals surface area contributed by atoms with Crippen LogP contribution in [0.4, 0.5) is 5.69 Å². The standard InChI is InChI=1S/C19H16Cl3N3O2/c1-11-19(12(2)25(24-11)13-6-4-3-5-7-13)23-18(26)10-27-17-9-15(21)14(20)8-16(17)22/h3-9H,10H2,1-2H3,(H,23,26). The number of rotatable bonds is 5. The summed E-state index contributed by atoms with van der Waals surface area (Å²) in [4.78, 5) is 12.3. The average Bonchev–Trinajstić information content (AvgIpc) is 2.92. The fourth-order valence-electron chi connectivity index (χ4n) is 2.58. The lowest BCUT2D eigenvalue weighted by atomic mass is 10.3. The molecule has 140 valence electrons. The van der Waals surface area contributed by atoms with Crippen LogP contribution in [-0.2, 0) is 4.79 Å². The Labute approximate surface area is 171 Å². The van der Waals surface area contributed by atoms with Crippen LogP contribution in [0.25, 0.3) is 5.69 Å². The Morgan fingerprint density at radius 1 is 1.07 bits per heavy atom. The first-order valence-electron chi connectivity index (χ1n) is 8.05. The van der Waals surface area contributed by atoms with Crippen molar-refractivity contribution in [2.24, 2.45) is 0 Å². The number of carbonyl (C=O) groups excluding carboxylic acids is 1. The number of aryl methyl sites for hydroxylation is 1. The zero-order chi connectivity index (χ0) is 19.6. The van der Waals surface area contributed by atoms with Gasteiger partial charge < -0.3 is 10.1 Å². The molecule has 8 heteroatoms. The first kappa shape index (κ1) is 19.5. The molecule has 0 unspecified atom stereocenters. The minimum atomic E-state index is -0.337. The fourth-order valence-corrected chi connectivity index (χ4v) is 3.17. The zero-order valence-electron chi connectivity index (χ0n) is 14.6. The molecular formula is C19H16Cl3N3O2. The molecule has 1 heterocycles. The van der Waals surface area contributed by atoms with E-state index >= 15 is 0 Å². The van der Waals surface area contributed by atoms with E-state index in [-0.39, 0.29) is 23.3 Å². The van der Waals surface area contributed by atoms with Crippen LogP contribution in [0, 0.1) is 13.8 Å². The fraction of sp³-hybridized carbons (Fsp3) is 0.158. The SMILES string of the molecule is Cc1nn(-c2ccccc2)c(C)c1NC(=O)COc1cc(Cl)c(Cl)cc1Cl. The summed E-state index contributed by atoms with van der Waals surface area (Å²) in [6.07, 6.45) is 0. The highest BCUT2D eigenvalue weighted by molar-refractivity contribution is 6.43. The molecule has 0 aliphatic carbocycles. The number of amides is 1. The number of nitrogens with zero attached hydrogens (tertiary/aromatic N) is 2. The van der Waals surface area contributed by atoms with Crippen molar-refractivity contribution in [1.29, 1.82) is 0 Å². The van der Waals surface area contributed by atoms with Crippen LogP contribution < -0.4 is 10.1 Å². The third-order valence-corrected chi connectivity index (χ3v) is 4.91. The molecule has 0 atom stereocenters. The second kappa shape index (κ2) is 8.21. The molecule has 0 spiro atoms. The lowest BCUT2D eigenvalue weighted by molar-refractivity contribution is -0.118. The number of hydrogen-bond donors (Lipinski definition) is 1. The predicted molar refractivity (Wildman–Crippen MR) is 109 cm³/mol. The monoisotopic (exact) mass is 423 g/mol. The van der Waals surface area contributed by atoms with Crippen LogP contribution in [-0.4, -0.2) is 22.3 Å². The van der Waals surface area contributed by atoms with Gasteiger partial charge in [-0.25, -0.2) is 4.68 Å². The Kier molecular flexibility index (Phi) is 5.95. The zero-order valence-corrected chi connectivity index (χ0v) is 16.9. The third kappa shape index (κ3) is 4.38. The second-order valence-electron chi connectivity index (χ2n) is 5.83. The number of halogens is 3. The summed E-state index contributed by atoms with van der Waals surface area (Å²) in [5.74, 6) is -0.0504. The first-order valence-corrected chi connectivity index (χ1v) is 9.19. The van der Waals surface area contributed by atoms with Gasteiger partial charge in [-0.1, -0.05) is 53.0 Å². The van der Waals surface area contributed by atoms with E-state index in [0.717, 1.165) is 11.4 Å². The molecule has 27 heavy (non-hydrogen) atoms. The molecule has 2 aromatic carbocycles. The van der Waals surface area contributed by atoms with Gasteiger partial charge in [-0.05, 0) is 32.0 Å². The number of para-hydroxylation sites is 1. The van der Waals surface area contributed by atoms with Gasteiger partial charge in [0.15, 0.2) is 6.61 Å². The van der Waals surface area contributed by atoms with Crippen molar-refractivity contribution in [2.45, 2.75) is 13.8 Å². The molecule has 3 aromatic rings. The summed E-state index contributed by atoms with van der Waals surface area (Å²) in [7, 11) is 0. The lowest BCUT2D eigenvalue weighted by Gasteiger charge is -2.10. The number of hydrogen-bond acceptors (Lipinski definition) is 3. The topological polar surface area (TPSA) is 56.2 Å². The van der Waals surface area contributed by atoms with E-state index in [1.54, 1.807) is 4.68 Å². The molecule has 0 fully saturated rings. The molecule has 0 saturated heterocycles. The van der Waals surface area contributed by atoms with Crippen LogP contribution in [0.2, 0.25) is 15.1 Å². The normalized spacial score (nSPS) is 10.7.